The molecule has 8 heteroatoms. The quantitative estimate of drug-likeness (QED) is 0.649. The van der Waals surface area contributed by atoms with Crippen LogP contribution in [0, 0.1) is 0 Å². The largest absolute Gasteiger partial charge is 0.456 e. The molecule has 2 aromatic rings. The van der Waals surface area contributed by atoms with Crippen molar-refractivity contribution < 1.29 is 33.3 Å². The van der Waals surface area contributed by atoms with Crippen molar-refractivity contribution in [3.05, 3.63) is 66.2 Å². The van der Waals surface area contributed by atoms with E-state index in [9.17, 15) is 9.59 Å². The summed E-state index contributed by atoms with van der Waals surface area (Å²) in [5, 5.41) is 0. The van der Waals surface area contributed by atoms with Gasteiger partial charge in [-0.25, -0.2) is 0 Å². The molecular weight excluding hydrogens is 420 g/mol. The molecule has 0 saturated carbocycles. The standard InChI is InChI=1S/C23H24O7S/c1-14(24)27-20-19-18(13-26-22(30-19)16-9-5-3-6-10-16)29-23(21(20)28-15(2)25)31-17-11-7-4-8-12-17/h3-12,18-23H,13H2,1-2H3/t18-,19+,20+,21-,22?,23+/m1/s1. The van der Waals surface area contributed by atoms with E-state index in [4.69, 9.17) is 23.7 Å². The molecule has 2 heterocycles. The zero-order valence-electron chi connectivity index (χ0n) is 17.2. The predicted octanol–water partition coefficient (Wildman–Crippen LogP) is 3.48. The lowest BCUT2D eigenvalue weighted by Gasteiger charge is -2.48. The van der Waals surface area contributed by atoms with E-state index in [0.717, 1.165) is 10.5 Å². The Morgan fingerprint density at radius 2 is 1.48 bits per heavy atom. The van der Waals surface area contributed by atoms with Gasteiger partial charge < -0.3 is 23.7 Å². The van der Waals surface area contributed by atoms with E-state index in [1.807, 2.05) is 60.7 Å². The molecule has 31 heavy (non-hydrogen) atoms. The Morgan fingerprint density at radius 1 is 0.871 bits per heavy atom. The highest BCUT2D eigenvalue weighted by Gasteiger charge is 2.53. The first-order valence-corrected chi connectivity index (χ1v) is 10.9. The maximum Gasteiger partial charge on any atom is 0.303 e. The fraction of sp³-hybridized carbons (Fsp3) is 0.391. The molecule has 1 unspecified atom stereocenters. The lowest BCUT2D eigenvalue weighted by atomic mass is 9.98. The third kappa shape index (κ3) is 5.27. The van der Waals surface area contributed by atoms with Gasteiger partial charge >= 0.3 is 11.9 Å². The average molecular weight is 445 g/mol. The van der Waals surface area contributed by atoms with Gasteiger partial charge in [0.2, 0.25) is 0 Å². The molecule has 0 N–H and O–H groups in total. The first kappa shape index (κ1) is 21.8. The van der Waals surface area contributed by atoms with Crippen LogP contribution < -0.4 is 0 Å². The normalized spacial score (nSPS) is 30.1. The summed E-state index contributed by atoms with van der Waals surface area (Å²) in [5.41, 5.74) is 0.240. The molecular formula is C23H24O7S. The van der Waals surface area contributed by atoms with Crippen LogP contribution in [0.3, 0.4) is 0 Å². The molecule has 0 spiro atoms. The maximum atomic E-state index is 11.9. The topological polar surface area (TPSA) is 80.3 Å². The Bertz CT molecular complexity index is 891. The second-order valence-electron chi connectivity index (χ2n) is 7.30. The van der Waals surface area contributed by atoms with Crippen molar-refractivity contribution in [2.45, 2.75) is 54.9 Å². The molecule has 0 radical (unpaired) electrons. The van der Waals surface area contributed by atoms with Crippen LogP contribution in [0.15, 0.2) is 65.6 Å². The van der Waals surface area contributed by atoms with Gasteiger partial charge in [-0.05, 0) is 12.1 Å². The van der Waals surface area contributed by atoms with Crippen LogP contribution in [0.1, 0.15) is 25.7 Å². The van der Waals surface area contributed by atoms with Gasteiger partial charge in [0, 0.05) is 24.3 Å². The van der Waals surface area contributed by atoms with E-state index in [-0.39, 0.29) is 6.61 Å². The third-order valence-corrected chi connectivity index (χ3v) is 6.11. The molecule has 0 bridgehead atoms. The third-order valence-electron chi connectivity index (χ3n) is 4.96. The summed E-state index contributed by atoms with van der Waals surface area (Å²) in [7, 11) is 0. The summed E-state index contributed by atoms with van der Waals surface area (Å²) in [6.07, 6.45) is -3.46. The van der Waals surface area contributed by atoms with Crippen LogP contribution in [-0.2, 0) is 33.3 Å². The van der Waals surface area contributed by atoms with Gasteiger partial charge in [0.05, 0.1) is 6.61 Å². The van der Waals surface area contributed by atoms with Gasteiger partial charge in [-0.15, -0.1) is 0 Å². The molecule has 2 aromatic carbocycles. The van der Waals surface area contributed by atoms with Crippen LogP contribution >= 0.6 is 11.8 Å². The van der Waals surface area contributed by atoms with Gasteiger partial charge in [0.1, 0.15) is 17.6 Å². The lowest BCUT2D eigenvalue weighted by Crippen LogP contribution is -2.63. The number of hydrogen-bond donors (Lipinski definition) is 0. The first-order valence-electron chi connectivity index (χ1n) is 10.0. The minimum absolute atomic E-state index is 0.251. The van der Waals surface area contributed by atoms with E-state index < -0.39 is 48.1 Å². The van der Waals surface area contributed by atoms with Gasteiger partial charge in [0.25, 0.3) is 0 Å². The molecule has 0 aliphatic carbocycles. The zero-order chi connectivity index (χ0) is 21.8. The Labute approximate surface area is 185 Å². The van der Waals surface area contributed by atoms with Crippen LogP contribution in [-0.4, -0.2) is 48.4 Å². The Morgan fingerprint density at radius 3 is 2.13 bits per heavy atom. The van der Waals surface area contributed by atoms with E-state index >= 15 is 0 Å². The molecule has 6 atom stereocenters. The van der Waals surface area contributed by atoms with Crippen molar-refractivity contribution >= 4 is 23.7 Å². The molecule has 2 aliphatic heterocycles. The highest BCUT2D eigenvalue weighted by atomic mass is 32.2. The number of ether oxygens (including phenoxy) is 5. The van der Waals surface area contributed by atoms with Crippen molar-refractivity contribution in [2.75, 3.05) is 6.61 Å². The highest BCUT2D eigenvalue weighted by molar-refractivity contribution is 7.99. The number of carbonyl (C=O) groups excluding carboxylic acids is 2. The number of carbonyl (C=O) groups is 2. The Hall–Kier alpha value is -2.39. The van der Waals surface area contributed by atoms with Crippen molar-refractivity contribution in [3.8, 4) is 0 Å². The van der Waals surface area contributed by atoms with Gasteiger partial charge in [0.15, 0.2) is 18.5 Å². The van der Waals surface area contributed by atoms with Crippen LogP contribution in [0.2, 0.25) is 0 Å². The van der Waals surface area contributed by atoms with E-state index in [1.165, 1.54) is 25.6 Å². The minimum Gasteiger partial charge on any atom is -0.456 e. The van der Waals surface area contributed by atoms with Crippen molar-refractivity contribution in [1.82, 2.24) is 0 Å². The summed E-state index contributed by atoms with van der Waals surface area (Å²) in [6, 6.07) is 19.1. The molecule has 7 nitrogen and oxygen atoms in total. The first-order chi connectivity index (χ1) is 15.0. The smallest absolute Gasteiger partial charge is 0.303 e. The lowest BCUT2D eigenvalue weighted by molar-refractivity contribution is -0.320. The van der Waals surface area contributed by atoms with E-state index in [1.54, 1.807) is 0 Å². The van der Waals surface area contributed by atoms with Crippen LogP contribution in [0.5, 0.6) is 0 Å². The predicted molar refractivity (Wildman–Crippen MR) is 112 cm³/mol. The molecule has 0 aromatic heterocycles. The van der Waals surface area contributed by atoms with Gasteiger partial charge in [-0.2, -0.15) is 0 Å². The SMILES string of the molecule is CC(=O)O[C@H]1[C@H]2OC(c3ccccc3)OC[C@H]2O[C@@H](Sc2ccccc2)[C@@H]1OC(C)=O. The highest BCUT2D eigenvalue weighted by Crippen LogP contribution is 2.41. The molecule has 2 fully saturated rings. The fourth-order valence-electron chi connectivity index (χ4n) is 3.70. The van der Waals surface area contributed by atoms with Gasteiger partial charge in [-0.1, -0.05) is 60.3 Å². The maximum absolute atomic E-state index is 11.9. The molecule has 4 rings (SSSR count). The van der Waals surface area contributed by atoms with E-state index in [0.29, 0.717) is 0 Å². The molecule has 0 amide bonds. The number of hydrogen-bond acceptors (Lipinski definition) is 8. The summed E-state index contributed by atoms with van der Waals surface area (Å²) in [6.45, 7) is 2.89. The van der Waals surface area contributed by atoms with Crippen molar-refractivity contribution in [2.24, 2.45) is 0 Å². The van der Waals surface area contributed by atoms with Gasteiger partial charge in [-0.3, -0.25) is 9.59 Å². The summed E-state index contributed by atoms with van der Waals surface area (Å²) in [4.78, 5) is 24.8. The minimum atomic E-state index is -0.845. The second-order valence-corrected chi connectivity index (χ2v) is 8.47. The monoisotopic (exact) mass is 444 g/mol. The van der Waals surface area contributed by atoms with Crippen molar-refractivity contribution in [1.29, 1.82) is 0 Å². The number of rotatable bonds is 5. The van der Waals surface area contributed by atoms with Crippen LogP contribution in [0.4, 0.5) is 0 Å². The summed E-state index contributed by atoms with van der Waals surface area (Å²) >= 11 is 1.40. The number of benzene rings is 2. The number of thioether (sulfide) groups is 1. The number of esters is 2. The van der Waals surface area contributed by atoms with Crippen LogP contribution in [0.25, 0.3) is 0 Å². The van der Waals surface area contributed by atoms with E-state index in [2.05, 4.69) is 0 Å². The molecule has 2 aliphatic rings. The zero-order valence-corrected chi connectivity index (χ0v) is 18.0. The average Bonchev–Trinajstić information content (AvgIpc) is 2.76. The number of fused-ring (bicyclic) bond motifs is 1. The van der Waals surface area contributed by atoms with Crippen molar-refractivity contribution in [3.63, 3.8) is 0 Å². The second kappa shape index (κ2) is 9.82. The Balaban J connectivity index is 1.62. The molecule has 2 saturated heterocycles. The summed E-state index contributed by atoms with van der Waals surface area (Å²) in [5.74, 6) is -0.979. The Kier molecular flexibility index (Phi) is 6.92. The summed E-state index contributed by atoms with van der Waals surface area (Å²) < 4.78 is 29.6. The fourth-order valence-corrected chi connectivity index (χ4v) is 4.82. The molecule has 164 valence electrons.